The fourth-order valence-electron chi connectivity index (χ4n) is 11.1. The van der Waals surface area contributed by atoms with Crippen molar-refractivity contribution in [2.24, 2.45) is 0 Å². The van der Waals surface area contributed by atoms with Crippen LogP contribution in [-0.4, -0.2) is 19.5 Å². The van der Waals surface area contributed by atoms with Crippen LogP contribution in [0.3, 0.4) is 0 Å². The molecule has 4 heterocycles. The Labute approximate surface area is 431 Å². The SMILES string of the molecule is c1ccc(-c2ccc3c(c2)c2ccccc2n3-c2cccc3oc4ccc(-c5cccc(-c6cccc7c6oc6cc(-c8cccc(-c9nc(-c%10ccccc%10)nc(-c%10ccccc%10)n9)c8)ccc67)c5)cc4c23)cc1. The van der Waals surface area contributed by atoms with Crippen LogP contribution in [0.15, 0.2) is 264 Å². The molecule has 0 radical (unpaired) electrons. The van der Waals surface area contributed by atoms with Crippen molar-refractivity contribution in [3.05, 3.63) is 255 Å². The lowest BCUT2D eigenvalue weighted by Crippen LogP contribution is -2.00. The molecule has 4 aromatic heterocycles. The molecule has 0 aliphatic heterocycles. The first-order valence-electron chi connectivity index (χ1n) is 25.2. The molecule has 6 nitrogen and oxygen atoms in total. The van der Waals surface area contributed by atoms with Gasteiger partial charge in [0.05, 0.1) is 22.1 Å². The molecule has 0 fully saturated rings. The average molecular weight is 959 g/mol. The highest BCUT2D eigenvalue weighted by molar-refractivity contribution is 6.16. The fourth-order valence-corrected chi connectivity index (χ4v) is 11.1. The molecular formula is C69H42N4O2. The molecule has 0 saturated heterocycles. The third kappa shape index (κ3) is 7.22. The average Bonchev–Trinajstić information content (AvgIpc) is 4.17. The molecular weight excluding hydrogens is 917 g/mol. The Kier molecular flexibility index (Phi) is 9.78. The van der Waals surface area contributed by atoms with Crippen molar-refractivity contribution in [2.75, 3.05) is 0 Å². The topological polar surface area (TPSA) is 69.9 Å². The Morgan fingerprint density at radius 2 is 0.787 bits per heavy atom. The molecule has 0 amide bonds. The van der Waals surface area contributed by atoms with Crippen molar-refractivity contribution in [3.8, 4) is 84.4 Å². The summed E-state index contributed by atoms with van der Waals surface area (Å²) in [6.07, 6.45) is 0. The van der Waals surface area contributed by atoms with E-state index in [0.717, 1.165) is 111 Å². The van der Waals surface area contributed by atoms with E-state index in [2.05, 4.69) is 199 Å². The number of furan rings is 2. The van der Waals surface area contributed by atoms with Crippen molar-refractivity contribution in [3.63, 3.8) is 0 Å². The second-order valence-electron chi connectivity index (χ2n) is 19.1. The van der Waals surface area contributed by atoms with Crippen molar-refractivity contribution in [1.29, 1.82) is 0 Å². The highest BCUT2D eigenvalue weighted by Gasteiger charge is 2.20. The van der Waals surface area contributed by atoms with Crippen LogP contribution in [0, 0.1) is 0 Å². The van der Waals surface area contributed by atoms with E-state index in [4.69, 9.17) is 23.8 Å². The summed E-state index contributed by atoms with van der Waals surface area (Å²) in [5.41, 5.74) is 18.3. The van der Waals surface area contributed by atoms with Gasteiger partial charge in [0.15, 0.2) is 17.5 Å². The third-order valence-corrected chi connectivity index (χ3v) is 14.7. The fraction of sp³-hybridized carbons (Fsp3) is 0. The van der Waals surface area contributed by atoms with Crippen molar-refractivity contribution >= 4 is 65.7 Å². The highest BCUT2D eigenvalue weighted by atomic mass is 16.3. The standard InChI is InChI=1S/C69H42N4O2/c1-4-16-43(17-5-1)48-33-36-60-57(40-48)54-26-10-11-29-59(54)73(60)61-30-15-31-63-65(61)58-41-49(34-37-62(58)74-63)46-22-12-24-51(38-46)53-27-14-28-56-55-35-32-50(42-64(55)75-66(53)56)47-23-13-25-52(39-47)69-71-67(44-18-6-2-7-19-44)70-68(72-69)45-20-8-3-9-21-45/h1-42H. The molecule has 0 bridgehead atoms. The predicted molar refractivity (Wildman–Crippen MR) is 307 cm³/mol. The van der Waals surface area contributed by atoms with Crippen LogP contribution in [-0.2, 0) is 0 Å². The number of benzene rings is 11. The van der Waals surface area contributed by atoms with Gasteiger partial charge in [0, 0.05) is 49.2 Å². The Morgan fingerprint density at radius 3 is 1.55 bits per heavy atom. The van der Waals surface area contributed by atoms with E-state index in [-0.39, 0.29) is 0 Å². The summed E-state index contributed by atoms with van der Waals surface area (Å²) in [5.74, 6) is 1.87. The summed E-state index contributed by atoms with van der Waals surface area (Å²) < 4.78 is 15.9. The first kappa shape index (κ1) is 42.5. The lowest BCUT2D eigenvalue weighted by molar-refractivity contribution is 0.669. The molecule has 0 aliphatic rings. The molecule has 0 N–H and O–H groups in total. The number of rotatable bonds is 8. The van der Waals surface area contributed by atoms with Crippen LogP contribution < -0.4 is 0 Å². The van der Waals surface area contributed by atoms with Crippen LogP contribution in [0.25, 0.3) is 150 Å². The van der Waals surface area contributed by atoms with Crippen LogP contribution in [0.5, 0.6) is 0 Å². The maximum absolute atomic E-state index is 6.88. The molecule has 0 atom stereocenters. The van der Waals surface area contributed by atoms with Crippen LogP contribution in [0.1, 0.15) is 0 Å². The Balaban J connectivity index is 0.792. The largest absolute Gasteiger partial charge is 0.456 e. The minimum absolute atomic E-state index is 0.612. The Bertz CT molecular complexity index is 4650. The van der Waals surface area contributed by atoms with E-state index in [1.165, 1.54) is 21.9 Å². The number of hydrogen-bond acceptors (Lipinski definition) is 5. The van der Waals surface area contributed by atoms with E-state index in [0.29, 0.717) is 17.5 Å². The van der Waals surface area contributed by atoms with E-state index in [1.54, 1.807) is 0 Å². The molecule has 0 saturated carbocycles. The zero-order chi connectivity index (χ0) is 49.4. The van der Waals surface area contributed by atoms with Gasteiger partial charge in [-0.2, -0.15) is 0 Å². The molecule has 15 rings (SSSR count). The predicted octanol–water partition coefficient (Wildman–Crippen LogP) is 18.4. The van der Waals surface area contributed by atoms with Gasteiger partial charge in [-0.3, -0.25) is 0 Å². The maximum atomic E-state index is 6.88. The molecule has 0 spiro atoms. The van der Waals surface area contributed by atoms with Crippen LogP contribution >= 0.6 is 0 Å². The van der Waals surface area contributed by atoms with Crippen molar-refractivity contribution < 1.29 is 8.83 Å². The van der Waals surface area contributed by atoms with Gasteiger partial charge < -0.3 is 13.4 Å². The minimum Gasteiger partial charge on any atom is -0.456 e. The molecule has 15 aromatic rings. The molecule has 6 heteroatoms. The van der Waals surface area contributed by atoms with Crippen LogP contribution in [0.2, 0.25) is 0 Å². The number of nitrogens with zero attached hydrogens (tertiary/aromatic N) is 4. The molecule has 0 aliphatic carbocycles. The quantitative estimate of drug-likeness (QED) is 0.152. The van der Waals surface area contributed by atoms with E-state index in [9.17, 15) is 0 Å². The highest BCUT2D eigenvalue weighted by Crippen LogP contribution is 2.43. The Hall–Kier alpha value is -10.2. The number of fused-ring (bicyclic) bond motifs is 9. The van der Waals surface area contributed by atoms with Crippen LogP contribution in [0.4, 0.5) is 0 Å². The Morgan fingerprint density at radius 1 is 0.267 bits per heavy atom. The van der Waals surface area contributed by atoms with Gasteiger partial charge in [-0.05, 0) is 106 Å². The van der Waals surface area contributed by atoms with Gasteiger partial charge in [0.1, 0.15) is 22.3 Å². The molecule has 0 unspecified atom stereocenters. The lowest BCUT2D eigenvalue weighted by atomic mass is 9.96. The summed E-state index contributed by atoms with van der Waals surface area (Å²) in [5, 5.41) is 6.71. The number of aromatic nitrogens is 4. The lowest BCUT2D eigenvalue weighted by Gasteiger charge is -2.10. The minimum atomic E-state index is 0.612. The van der Waals surface area contributed by atoms with Crippen molar-refractivity contribution in [1.82, 2.24) is 19.5 Å². The monoisotopic (exact) mass is 958 g/mol. The van der Waals surface area contributed by atoms with Gasteiger partial charge in [-0.1, -0.05) is 188 Å². The second-order valence-corrected chi connectivity index (χ2v) is 19.1. The smallest absolute Gasteiger partial charge is 0.164 e. The van der Waals surface area contributed by atoms with Gasteiger partial charge >= 0.3 is 0 Å². The number of hydrogen-bond donors (Lipinski definition) is 0. The molecule has 350 valence electrons. The van der Waals surface area contributed by atoms with E-state index < -0.39 is 0 Å². The van der Waals surface area contributed by atoms with E-state index >= 15 is 0 Å². The van der Waals surface area contributed by atoms with Crippen molar-refractivity contribution in [2.45, 2.75) is 0 Å². The molecule has 75 heavy (non-hydrogen) atoms. The zero-order valence-corrected chi connectivity index (χ0v) is 40.4. The summed E-state index contributed by atoms with van der Waals surface area (Å²) in [7, 11) is 0. The summed E-state index contributed by atoms with van der Waals surface area (Å²) in [4.78, 5) is 14.9. The first-order valence-corrected chi connectivity index (χ1v) is 25.2. The maximum Gasteiger partial charge on any atom is 0.164 e. The first-order chi connectivity index (χ1) is 37.1. The summed E-state index contributed by atoms with van der Waals surface area (Å²) in [6, 6.07) is 89.3. The van der Waals surface area contributed by atoms with Gasteiger partial charge in [-0.25, -0.2) is 15.0 Å². The van der Waals surface area contributed by atoms with Gasteiger partial charge in [-0.15, -0.1) is 0 Å². The van der Waals surface area contributed by atoms with Gasteiger partial charge in [0.25, 0.3) is 0 Å². The number of para-hydroxylation sites is 2. The molecule has 11 aromatic carbocycles. The van der Waals surface area contributed by atoms with E-state index in [1.807, 2.05) is 60.7 Å². The second kappa shape index (κ2) is 17.3. The zero-order valence-electron chi connectivity index (χ0n) is 40.4. The summed E-state index contributed by atoms with van der Waals surface area (Å²) in [6.45, 7) is 0. The normalized spacial score (nSPS) is 11.7. The third-order valence-electron chi connectivity index (χ3n) is 14.7. The summed E-state index contributed by atoms with van der Waals surface area (Å²) >= 11 is 0. The van der Waals surface area contributed by atoms with Gasteiger partial charge in [0.2, 0.25) is 0 Å².